The Morgan fingerprint density at radius 2 is 1.78 bits per heavy atom. The Morgan fingerprint density at radius 1 is 1.19 bits per heavy atom. The van der Waals surface area contributed by atoms with E-state index in [9.17, 15) is 9.90 Å². The predicted octanol–water partition coefficient (Wildman–Crippen LogP) is 8.07. The number of carbonyl (C=O) groups excluding carboxylic acids is 1. The number of carbonyl (C=O) groups is 1. The first-order valence-corrected chi connectivity index (χ1v) is 16.6. The molecule has 9 heteroatoms. The summed E-state index contributed by atoms with van der Waals surface area (Å²) in [6.07, 6.45) is 1.36. The summed E-state index contributed by atoms with van der Waals surface area (Å²) < 4.78 is 18.2. The Kier molecular flexibility index (Phi) is 12.0. The van der Waals surface area contributed by atoms with Crippen molar-refractivity contribution in [2.45, 2.75) is 92.6 Å². The van der Waals surface area contributed by atoms with E-state index in [1.165, 1.54) is 6.21 Å². The van der Waals surface area contributed by atoms with Crippen molar-refractivity contribution < 1.29 is 23.8 Å². The van der Waals surface area contributed by atoms with Gasteiger partial charge in [-0.3, -0.25) is 4.99 Å². The van der Waals surface area contributed by atoms with Crippen molar-refractivity contribution in [1.82, 2.24) is 0 Å². The third kappa shape index (κ3) is 9.33. The van der Waals surface area contributed by atoms with E-state index in [0.29, 0.717) is 17.9 Å². The molecule has 0 aliphatic rings. The number of ether oxygens (including phenoxy) is 2. The standard InChI is InChI=1S/C27H43ClINO5Si/c1-12-33-25(32)19(24(31)18-13-21(29)22(14-20(18)28)35-17(2)3)15-30-23(26(4,5)6)16-34-36(10,11)27(7,8)9/h13-15,17,23,31H,12,16H2,1-11H3/b24-19-,30-15?. The highest BCUT2D eigenvalue weighted by Crippen LogP contribution is 2.38. The zero-order valence-electron chi connectivity index (χ0n) is 23.6. The van der Waals surface area contributed by atoms with Crippen LogP contribution in [-0.2, 0) is 14.0 Å². The van der Waals surface area contributed by atoms with Gasteiger partial charge in [-0.25, -0.2) is 4.79 Å². The molecule has 1 N–H and O–H groups in total. The second-order valence-corrected chi connectivity index (χ2v) is 18.0. The summed E-state index contributed by atoms with van der Waals surface area (Å²) in [5.74, 6) is -0.367. The molecule has 204 valence electrons. The highest BCUT2D eigenvalue weighted by molar-refractivity contribution is 14.1. The molecule has 1 rings (SSSR count). The van der Waals surface area contributed by atoms with E-state index in [1.54, 1.807) is 19.1 Å². The molecule has 0 fully saturated rings. The van der Waals surface area contributed by atoms with Gasteiger partial charge < -0.3 is 19.0 Å². The summed E-state index contributed by atoms with van der Waals surface area (Å²) in [5, 5.41) is 11.5. The molecule has 0 amide bonds. The molecular weight excluding hydrogens is 609 g/mol. The normalized spacial score (nSPS) is 14.7. The molecule has 0 aromatic heterocycles. The Balaban J connectivity index is 3.50. The quantitative estimate of drug-likeness (QED) is 0.0692. The van der Waals surface area contributed by atoms with Gasteiger partial charge in [-0.15, -0.1) is 0 Å². The van der Waals surface area contributed by atoms with Crippen molar-refractivity contribution in [3.63, 3.8) is 0 Å². The number of nitrogens with zero attached hydrogens (tertiary/aromatic N) is 1. The molecule has 36 heavy (non-hydrogen) atoms. The average molecular weight is 652 g/mol. The lowest BCUT2D eigenvalue weighted by atomic mass is 9.88. The summed E-state index contributed by atoms with van der Waals surface area (Å²) >= 11 is 8.61. The van der Waals surface area contributed by atoms with Gasteiger partial charge in [0.05, 0.1) is 34.0 Å². The maximum atomic E-state index is 12.9. The molecule has 1 aromatic rings. The lowest BCUT2D eigenvalue weighted by Gasteiger charge is -2.38. The highest BCUT2D eigenvalue weighted by atomic mass is 127. The van der Waals surface area contributed by atoms with Gasteiger partial charge in [0, 0.05) is 17.8 Å². The van der Waals surface area contributed by atoms with Crippen LogP contribution in [0.4, 0.5) is 0 Å². The summed E-state index contributed by atoms with van der Waals surface area (Å²) in [6.45, 7) is 23.3. The number of aliphatic hydroxyl groups is 1. The highest BCUT2D eigenvalue weighted by Gasteiger charge is 2.38. The topological polar surface area (TPSA) is 77.4 Å². The zero-order chi connectivity index (χ0) is 28.1. The van der Waals surface area contributed by atoms with Gasteiger partial charge in [0.25, 0.3) is 0 Å². The maximum absolute atomic E-state index is 12.9. The van der Waals surface area contributed by atoms with E-state index in [-0.39, 0.29) is 45.6 Å². The number of aliphatic hydroxyl groups excluding tert-OH is 1. The zero-order valence-corrected chi connectivity index (χ0v) is 27.5. The minimum atomic E-state index is -2.00. The molecule has 0 heterocycles. The molecule has 0 saturated carbocycles. The van der Waals surface area contributed by atoms with E-state index < -0.39 is 14.3 Å². The van der Waals surface area contributed by atoms with Gasteiger partial charge in [-0.1, -0.05) is 53.1 Å². The third-order valence-corrected chi connectivity index (χ3v) is 11.8. The molecule has 0 spiro atoms. The van der Waals surface area contributed by atoms with Crippen LogP contribution in [0.25, 0.3) is 5.76 Å². The van der Waals surface area contributed by atoms with Crippen molar-refractivity contribution in [1.29, 1.82) is 0 Å². The van der Waals surface area contributed by atoms with E-state index in [1.807, 2.05) is 13.8 Å². The molecule has 0 radical (unpaired) electrons. The Hall–Kier alpha value is -1.10. The van der Waals surface area contributed by atoms with E-state index in [0.717, 1.165) is 3.57 Å². The smallest absolute Gasteiger partial charge is 0.343 e. The molecule has 0 saturated heterocycles. The second kappa shape index (κ2) is 13.1. The van der Waals surface area contributed by atoms with Crippen LogP contribution in [0.2, 0.25) is 23.2 Å². The van der Waals surface area contributed by atoms with Crippen molar-refractivity contribution >= 4 is 60.5 Å². The minimum absolute atomic E-state index is 0.0327. The van der Waals surface area contributed by atoms with Crippen molar-refractivity contribution in [2.24, 2.45) is 10.4 Å². The first-order chi connectivity index (χ1) is 16.3. The summed E-state index contributed by atoms with van der Waals surface area (Å²) in [4.78, 5) is 17.6. The van der Waals surface area contributed by atoms with Gasteiger partial charge in [0.1, 0.15) is 17.1 Å². The fraction of sp³-hybridized carbons (Fsp3) is 0.630. The van der Waals surface area contributed by atoms with Crippen molar-refractivity contribution in [3.05, 3.63) is 31.9 Å². The SMILES string of the molecule is CCOC(=O)/C(C=NC(CO[Si](C)(C)C(C)(C)C)C(C)(C)C)=C(\O)c1cc(I)c(OC(C)C)cc1Cl. The van der Waals surface area contributed by atoms with Crippen LogP contribution in [0.3, 0.4) is 0 Å². The average Bonchev–Trinajstić information content (AvgIpc) is 2.70. The Bertz CT molecular complexity index is 978. The molecular formula is C27H43ClINO5Si. The van der Waals surface area contributed by atoms with Crippen molar-refractivity contribution in [3.8, 4) is 5.75 Å². The Morgan fingerprint density at radius 3 is 2.25 bits per heavy atom. The lowest BCUT2D eigenvalue weighted by molar-refractivity contribution is -0.137. The van der Waals surface area contributed by atoms with Crippen molar-refractivity contribution in [2.75, 3.05) is 13.2 Å². The van der Waals surface area contributed by atoms with Crippen LogP contribution in [0.5, 0.6) is 5.75 Å². The molecule has 1 atom stereocenters. The number of aliphatic imine (C=N–C) groups is 1. The number of benzene rings is 1. The van der Waals surface area contributed by atoms with Crippen LogP contribution in [0, 0.1) is 8.99 Å². The molecule has 0 bridgehead atoms. The van der Waals surface area contributed by atoms with Crippen LogP contribution >= 0.6 is 34.2 Å². The van der Waals surface area contributed by atoms with Crippen LogP contribution in [0.1, 0.15) is 67.9 Å². The van der Waals surface area contributed by atoms with Gasteiger partial charge in [-0.05, 0) is 73.0 Å². The van der Waals surface area contributed by atoms with Gasteiger partial charge in [0.15, 0.2) is 8.32 Å². The summed E-state index contributed by atoms with van der Waals surface area (Å²) in [7, 11) is -2.00. The predicted molar refractivity (Wildman–Crippen MR) is 161 cm³/mol. The second-order valence-electron chi connectivity index (χ2n) is 11.6. The summed E-state index contributed by atoms with van der Waals surface area (Å²) in [6, 6.07) is 3.08. The number of hydrogen-bond acceptors (Lipinski definition) is 6. The van der Waals surface area contributed by atoms with E-state index in [2.05, 4.69) is 77.2 Å². The number of esters is 1. The molecule has 1 aromatic carbocycles. The van der Waals surface area contributed by atoms with E-state index in [4.69, 9.17) is 30.5 Å². The van der Waals surface area contributed by atoms with Crippen LogP contribution in [0.15, 0.2) is 22.7 Å². The lowest BCUT2D eigenvalue weighted by Crippen LogP contribution is -2.44. The van der Waals surface area contributed by atoms with Gasteiger partial charge >= 0.3 is 5.97 Å². The van der Waals surface area contributed by atoms with Crippen LogP contribution in [-0.4, -0.2) is 51.0 Å². The number of halogens is 2. The first kappa shape index (κ1) is 32.9. The molecule has 6 nitrogen and oxygen atoms in total. The molecule has 1 unspecified atom stereocenters. The summed E-state index contributed by atoms with van der Waals surface area (Å²) in [5.41, 5.74) is 0.00191. The fourth-order valence-corrected chi connectivity index (χ4v) is 4.65. The third-order valence-electron chi connectivity index (χ3n) is 6.18. The van der Waals surface area contributed by atoms with Gasteiger partial charge in [0.2, 0.25) is 0 Å². The number of hydrogen-bond donors (Lipinski definition) is 1. The van der Waals surface area contributed by atoms with Gasteiger partial charge in [-0.2, -0.15) is 0 Å². The van der Waals surface area contributed by atoms with E-state index >= 15 is 0 Å². The molecule has 0 aliphatic carbocycles. The minimum Gasteiger partial charge on any atom is -0.506 e. The molecule has 0 aliphatic heterocycles. The first-order valence-electron chi connectivity index (χ1n) is 12.2. The van der Waals surface area contributed by atoms with Crippen LogP contribution < -0.4 is 4.74 Å². The monoisotopic (exact) mass is 651 g/mol. The largest absolute Gasteiger partial charge is 0.506 e. The maximum Gasteiger partial charge on any atom is 0.343 e. The Labute approximate surface area is 237 Å². The number of rotatable bonds is 10. The fourth-order valence-electron chi connectivity index (χ4n) is 2.80.